The molecule has 4 aromatic rings. The quantitative estimate of drug-likeness (QED) is 0.516. The summed E-state index contributed by atoms with van der Waals surface area (Å²) in [6, 6.07) is 8.73. The molecule has 28 heavy (non-hydrogen) atoms. The highest BCUT2D eigenvalue weighted by atomic mass is 19.1. The molecule has 0 spiro atoms. The van der Waals surface area contributed by atoms with E-state index in [9.17, 15) is 13.6 Å². The van der Waals surface area contributed by atoms with Gasteiger partial charge >= 0.3 is 0 Å². The standard InChI is InChI=1S/C19H14F2N4O.C2H6/c1-11-23-16-8-3-5-13(12-9-22-24(2)10-12)17(16)19(26)25(11)18-14(20)6-4-7-15(18)21;1-2/h3-10H,1-2H3;1-2H3. The largest absolute Gasteiger partial charge is 0.275 e. The smallest absolute Gasteiger partial charge is 0.266 e. The van der Waals surface area contributed by atoms with Crippen LogP contribution in [0.1, 0.15) is 19.7 Å². The van der Waals surface area contributed by atoms with Crippen LogP contribution in [0.2, 0.25) is 0 Å². The van der Waals surface area contributed by atoms with Crippen molar-refractivity contribution < 1.29 is 8.78 Å². The van der Waals surface area contributed by atoms with Gasteiger partial charge < -0.3 is 0 Å². The lowest BCUT2D eigenvalue weighted by Gasteiger charge is -2.13. The van der Waals surface area contributed by atoms with Crippen molar-refractivity contribution in [2.75, 3.05) is 0 Å². The van der Waals surface area contributed by atoms with Gasteiger partial charge in [0.25, 0.3) is 5.56 Å². The maximum atomic E-state index is 14.3. The summed E-state index contributed by atoms with van der Waals surface area (Å²) in [5.74, 6) is -1.44. The van der Waals surface area contributed by atoms with Crippen LogP contribution in [0.5, 0.6) is 0 Å². The fourth-order valence-corrected chi connectivity index (χ4v) is 3.11. The highest BCUT2D eigenvalue weighted by Gasteiger charge is 2.19. The van der Waals surface area contributed by atoms with Crippen molar-refractivity contribution in [3.05, 3.63) is 76.6 Å². The molecule has 0 radical (unpaired) electrons. The third-order valence-corrected chi connectivity index (χ3v) is 4.24. The second-order valence-electron chi connectivity index (χ2n) is 5.97. The van der Waals surface area contributed by atoms with Crippen LogP contribution in [0.25, 0.3) is 27.7 Å². The molecule has 4 rings (SSSR count). The predicted molar refractivity (Wildman–Crippen MR) is 106 cm³/mol. The van der Waals surface area contributed by atoms with Crippen LogP contribution < -0.4 is 5.56 Å². The molecule has 2 aromatic heterocycles. The van der Waals surface area contributed by atoms with Gasteiger partial charge in [-0.15, -0.1) is 0 Å². The molecule has 0 unspecified atom stereocenters. The third-order valence-electron chi connectivity index (χ3n) is 4.24. The molecular formula is C21H20F2N4O. The van der Waals surface area contributed by atoms with Crippen LogP contribution >= 0.6 is 0 Å². The van der Waals surface area contributed by atoms with Gasteiger partial charge in [-0.3, -0.25) is 14.0 Å². The molecule has 0 saturated carbocycles. The molecule has 0 N–H and O–H groups in total. The van der Waals surface area contributed by atoms with Crippen LogP contribution in [-0.4, -0.2) is 19.3 Å². The van der Waals surface area contributed by atoms with Crippen molar-refractivity contribution in [2.24, 2.45) is 7.05 Å². The second kappa shape index (κ2) is 7.72. The normalized spacial score (nSPS) is 10.6. The number of aryl methyl sites for hydroxylation is 2. The molecule has 0 saturated heterocycles. The lowest BCUT2D eigenvalue weighted by molar-refractivity contribution is 0.563. The Bertz CT molecular complexity index is 1190. The Labute approximate surface area is 160 Å². The van der Waals surface area contributed by atoms with E-state index in [1.54, 1.807) is 49.2 Å². The number of benzene rings is 2. The Hall–Kier alpha value is -3.35. The fraction of sp³-hybridized carbons (Fsp3) is 0.190. The van der Waals surface area contributed by atoms with E-state index in [4.69, 9.17) is 0 Å². The van der Waals surface area contributed by atoms with Crippen molar-refractivity contribution in [3.63, 3.8) is 0 Å². The van der Waals surface area contributed by atoms with Crippen molar-refractivity contribution >= 4 is 10.9 Å². The van der Waals surface area contributed by atoms with E-state index < -0.39 is 22.9 Å². The molecular weight excluding hydrogens is 362 g/mol. The van der Waals surface area contributed by atoms with Gasteiger partial charge in [0.15, 0.2) is 0 Å². The monoisotopic (exact) mass is 382 g/mol. The lowest BCUT2D eigenvalue weighted by Crippen LogP contribution is -2.24. The highest BCUT2D eigenvalue weighted by Crippen LogP contribution is 2.26. The SMILES string of the molecule is CC.Cc1nc2cccc(-c3cnn(C)c3)c2c(=O)n1-c1c(F)cccc1F. The van der Waals surface area contributed by atoms with Crippen molar-refractivity contribution in [3.8, 4) is 16.8 Å². The Morgan fingerprint density at radius 3 is 2.25 bits per heavy atom. The van der Waals surface area contributed by atoms with E-state index in [-0.39, 0.29) is 11.2 Å². The molecule has 144 valence electrons. The fourth-order valence-electron chi connectivity index (χ4n) is 3.11. The number of halogens is 2. The molecule has 0 aliphatic carbocycles. The Balaban J connectivity index is 0.00000109. The first kappa shape index (κ1) is 19.4. The Morgan fingerprint density at radius 1 is 1.00 bits per heavy atom. The molecule has 0 atom stereocenters. The number of hydrogen-bond acceptors (Lipinski definition) is 3. The van der Waals surface area contributed by atoms with E-state index in [1.165, 1.54) is 6.07 Å². The molecule has 7 heteroatoms. The van der Waals surface area contributed by atoms with E-state index in [1.807, 2.05) is 13.8 Å². The van der Waals surface area contributed by atoms with Crippen LogP contribution in [-0.2, 0) is 7.05 Å². The maximum Gasteiger partial charge on any atom is 0.266 e. The lowest BCUT2D eigenvalue weighted by atomic mass is 10.0. The Kier molecular flexibility index (Phi) is 5.35. The molecule has 2 heterocycles. The van der Waals surface area contributed by atoms with Crippen molar-refractivity contribution in [1.82, 2.24) is 19.3 Å². The summed E-state index contributed by atoms with van der Waals surface area (Å²) in [4.78, 5) is 17.6. The van der Waals surface area contributed by atoms with Crippen molar-refractivity contribution in [2.45, 2.75) is 20.8 Å². The minimum atomic E-state index is -0.824. The van der Waals surface area contributed by atoms with E-state index in [0.717, 1.165) is 22.3 Å². The summed E-state index contributed by atoms with van der Waals surface area (Å²) in [5.41, 5.74) is 0.836. The summed E-state index contributed by atoms with van der Waals surface area (Å²) in [6.45, 7) is 5.55. The third kappa shape index (κ3) is 3.19. The summed E-state index contributed by atoms with van der Waals surface area (Å²) in [6.07, 6.45) is 3.39. The highest BCUT2D eigenvalue weighted by molar-refractivity contribution is 5.93. The molecule has 0 amide bonds. The van der Waals surface area contributed by atoms with Crippen LogP contribution in [0, 0.1) is 18.6 Å². The van der Waals surface area contributed by atoms with E-state index >= 15 is 0 Å². The van der Waals surface area contributed by atoms with Crippen LogP contribution in [0.15, 0.2) is 53.6 Å². The van der Waals surface area contributed by atoms with Gasteiger partial charge in [0.05, 0.1) is 17.1 Å². The minimum Gasteiger partial charge on any atom is -0.275 e. The zero-order valence-electron chi connectivity index (χ0n) is 16.1. The first-order valence-electron chi connectivity index (χ1n) is 8.93. The summed E-state index contributed by atoms with van der Waals surface area (Å²) >= 11 is 0. The number of aromatic nitrogens is 4. The van der Waals surface area contributed by atoms with Gasteiger partial charge in [0.1, 0.15) is 23.1 Å². The first-order chi connectivity index (χ1) is 13.5. The number of nitrogens with zero attached hydrogens (tertiary/aromatic N) is 4. The zero-order valence-corrected chi connectivity index (χ0v) is 16.1. The molecule has 2 aromatic carbocycles. The van der Waals surface area contributed by atoms with Gasteiger partial charge in [-0.25, -0.2) is 13.8 Å². The zero-order chi connectivity index (χ0) is 20.4. The summed E-state index contributed by atoms with van der Waals surface area (Å²) in [5, 5.41) is 4.41. The van der Waals surface area contributed by atoms with Gasteiger partial charge in [-0.05, 0) is 30.7 Å². The van der Waals surface area contributed by atoms with Gasteiger partial charge in [0.2, 0.25) is 0 Å². The number of hydrogen-bond donors (Lipinski definition) is 0. The average molecular weight is 382 g/mol. The molecule has 0 aliphatic rings. The summed E-state index contributed by atoms with van der Waals surface area (Å²) < 4.78 is 31.2. The van der Waals surface area contributed by atoms with Gasteiger partial charge in [-0.2, -0.15) is 5.10 Å². The second-order valence-corrected chi connectivity index (χ2v) is 5.97. The number of para-hydroxylation sites is 1. The maximum absolute atomic E-state index is 14.3. The average Bonchev–Trinajstić information content (AvgIpc) is 3.11. The molecule has 0 bridgehead atoms. The topological polar surface area (TPSA) is 52.7 Å². The first-order valence-corrected chi connectivity index (χ1v) is 8.93. The van der Waals surface area contributed by atoms with Crippen LogP contribution in [0.4, 0.5) is 8.78 Å². The Morgan fingerprint density at radius 2 is 1.64 bits per heavy atom. The van der Waals surface area contributed by atoms with Crippen LogP contribution in [0.3, 0.4) is 0 Å². The predicted octanol–water partition coefficient (Wildman–Crippen LogP) is 4.40. The number of fused-ring (bicyclic) bond motifs is 1. The van der Waals surface area contributed by atoms with Gasteiger partial charge in [-0.1, -0.05) is 32.0 Å². The van der Waals surface area contributed by atoms with E-state index in [0.29, 0.717) is 11.1 Å². The summed E-state index contributed by atoms with van der Waals surface area (Å²) in [7, 11) is 1.77. The molecule has 5 nitrogen and oxygen atoms in total. The number of rotatable bonds is 2. The minimum absolute atomic E-state index is 0.204. The van der Waals surface area contributed by atoms with E-state index in [2.05, 4.69) is 10.1 Å². The van der Waals surface area contributed by atoms with Crippen molar-refractivity contribution in [1.29, 1.82) is 0 Å². The van der Waals surface area contributed by atoms with Gasteiger partial charge in [0, 0.05) is 18.8 Å². The molecule has 0 aliphatic heterocycles. The molecule has 0 fully saturated rings.